The molecule has 1 aromatic rings. The van der Waals surface area contributed by atoms with Gasteiger partial charge in [0, 0.05) is 19.5 Å². The summed E-state index contributed by atoms with van der Waals surface area (Å²) in [6, 6.07) is 8.06. The van der Waals surface area contributed by atoms with Gasteiger partial charge in [-0.2, -0.15) is 0 Å². The van der Waals surface area contributed by atoms with Crippen LogP contribution in [0.2, 0.25) is 0 Å². The Morgan fingerprint density at radius 3 is 2.10 bits per heavy atom. The fraction of sp³-hybridized carbons (Fsp3) is 0.286. The number of imide groups is 1. The molecule has 1 aromatic carbocycles. The zero-order chi connectivity index (χ0) is 16.0. The quantitative estimate of drug-likeness (QED) is 0.799. The third-order valence-electron chi connectivity index (χ3n) is 2.79. The highest BCUT2D eigenvalue weighted by Crippen LogP contribution is 2.05. The average molecular weight is 291 g/mol. The number of primary amides is 1. The summed E-state index contributed by atoms with van der Waals surface area (Å²) >= 11 is 0. The van der Waals surface area contributed by atoms with Crippen LogP contribution in [0.15, 0.2) is 30.3 Å². The summed E-state index contributed by atoms with van der Waals surface area (Å²) in [5, 5.41) is 0. The van der Waals surface area contributed by atoms with Gasteiger partial charge in [-0.05, 0) is 12.1 Å². The molecular weight excluding hydrogens is 274 g/mol. The number of hydrogen-bond donors (Lipinski definition) is 1. The first kappa shape index (κ1) is 16.4. The van der Waals surface area contributed by atoms with Gasteiger partial charge in [-0.3, -0.25) is 24.1 Å². The molecule has 0 radical (unpaired) electrons. The monoisotopic (exact) mass is 291 g/mol. The van der Waals surface area contributed by atoms with Crippen LogP contribution in [-0.2, 0) is 14.4 Å². The summed E-state index contributed by atoms with van der Waals surface area (Å²) in [5.74, 6) is -2.43. The van der Waals surface area contributed by atoms with E-state index >= 15 is 0 Å². The lowest BCUT2D eigenvalue weighted by Crippen LogP contribution is -2.47. The Morgan fingerprint density at radius 1 is 1.05 bits per heavy atom. The summed E-state index contributed by atoms with van der Waals surface area (Å²) < 4.78 is 0. The van der Waals surface area contributed by atoms with E-state index in [9.17, 15) is 19.2 Å². The van der Waals surface area contributed by atoms with Crippen LogP contribution < -0.4 is 5.73 Å². The van der Waals surface area contributed by atoms with Gasteiger partial charge in [0.2, 0.25) is 17.7 Å². The van der Waals surface area contributed by atoms with Gasteiger partial charge in [0.15, 0.2) is 0 Å². The first-order chi connectivity index (χ1) is 9.82. The molecule has 0 atom stereocenters. The van der Waals surface area contributed by atoms with Gasteiger partial charge >= 0.3 is 0 Å². The number of rotatable bonds is 5. The predicted molar refractivity (Wildman–Crippen MR) is 75.0 cm³/mol. The SMILES string of the molecule is CC(=O)N(C)CC(=O)N(CC(N)=O)C(=O)c1ccccc1. The molecule has 0 aromatic heterocycles. The number of carbonyl (C=O) groups is 4. The lowest BCUT2D eigenvalue weighted by molar-refractivity contribution is -0.138. The average Bonchev–Trinajstić information content (AvgIpc) is 2.44. The van der Waals surface area contributed by atoms with E-state index in [0.717, 1.165) is 9.80 Å². The number of likely N-dealkylation sites (N-methyl/N-ethyl adjacent to an activating group) is 1. The molecule has 1 rings (SSSR count). The van der Waals surface area contributed by atoms with Gasteiger partial charge in [-0.1, -0.05) is 18.2 Å². The lowest BCUT2D eigenvalue weighted by atomic mass is 10.2. The third kappa shape index (κ3) is 4.72. The zero-order valence-corrected chi connectivity index (χ0v) is 11.9. The van der Waals surface area contributed by atoms with Gasteiger partial charge in [0.25, 0.3) is 5.91 Å². The number of carbonyl (C=O) groups excluding carboxylic acids is 4. The van der Waals surface area contributed by atoms with Crippen molar-refractivity contribution in [1.29, 1.82) is 0 Å². The number of nitrogens with zero attached hydrogens (tertiary/aromatic N) is 2. The lowest BCUT2D eigenvalue weighted by Gasteiger charge is -2.22. The molecule has 7 heteroatoms. The molecule has 4 amide bonds. The minimum Gasteiger partial charge on any atom is -0.368 e. The molecule has 0 aliphatic rings. The summed E-state index contributed by atoms with van der Waals surface area (Å²) in [7, 11) is 1.43. The Labute approximate surface area is 122 Å². The van der Waals surface area contributed by atoms with E-state index in [2.05, 4.69) is 0 Å². The highest BCUT2D eigenvalue weighted by atomic mass is 16.2. The molecule has 0 saturated carbocycles. The van der Waals surface area contributed by atoms with Crippen molar-refractivity contribution in [2.24, 2.45) is 5.73 Å². The van der Waals surface area contributed by atoms with Gasteiger partial charge < -0.3 is 10.6 Å². The van der Waals surface area contributed by atoms with Crippen molar-refractivity contribution >= 4 is 23.6 Å². The van der Waals surface area contributed by atoms with E-state index in [-0.39, 0.29) is 18.0 Å². The normalized spacial score (nSPS) is 9.81. The molecule has 7 nitrogen and oxygen atoms in total. The van der Waals surface area contributed by atoms with Crippen molar-refractivity contribution in [3.63, 3.8) is 0 Å². The topological polar surface area (TPSA) is 101 Å². The van der Waals surface area contributed by atoms with E-state index in [1.165, 1.54) is 26.1 Å². The van der Waals surface area contributed by atoms with Crippen LogP contribution in [-0.4, -0.2) is 53.6 Å². The fourth-order valence-electron chi connectivity index (χ4n) is 1.57. The van der Waals surface area contributed by atoms with Crippen molar-refractivity contribution in [3.8, 4) is 0 Å². The smallest absolute Gasteiger partial charge is 0.260 e. The molecule has 21 heavy (non-hydrogen) atoms. The maximum Gasteiger partial charge on any atom is 0.260 e. The summed E-state index contributed by atoms with van der Waals surface area (Å²) in [6.07, 6.45) is 0. The minimum absolute atomic E-state index is 0.262. The Hall–Kier alpha value is -2.70. The molecule has 0 aliphatic carbocycles. The van der Waals surface area contributed by atoms with Crippen molar-refractivity contribution in [1.82, 2.24) is 9.80 Å². The second-order valence-corrected chi connectivity index (χ2v) is 4.49. The van der Waals surface area contributed by atoms with Gasteiger partial charge in [-0.15, -0.1) is 0 Å². The second kappa shape index (κ2) is 7.18. The van der Waals surface area contributed by atoms with E-state index in [1.807, 2.05) is 0 Å². The summed E-state index contributed by atoms with van der Waals surface area (Å²) in [4.78, 5) is 48.5. The first-order valence-electron chi connectivity index (χ1n) is 6.22. The van der Waals surface area contributed by atoms with Crippen LogP contribution >= 0.6 is 0 Å². The van der Waals surface area contributed by atoms with Crippen LogP contribution in [0.3, 0.4) is 0 Å². The first-order valence-corrected chi connectivity index (χ1v) is 6.22. The summed E-state index contributed by atoms with van der Waals surface area (Å²) in [6.45, 7) is 0.463. The Balaban J connectivity index is 2.95. The van der Waals surface area contributed by atoms with E-state index in [4.69, 9.17) is 5.73 Å². The third-order valence-corrected chi connectivity index (χ3v) is 2.79. The zero-order valence-electron chi connectivity index (χ0n) is 11.9. The molecule has 0 heterocycles. The fourth-order valence-corrected chi connectivity index (χ4v) is 1.57. The van der Waals surface area contributed by atoms with Gasteiger partial charge in [-0.25, -0.2) is 0 Å². The Morgan fingerprint density at radius 2 is 1.62 bits per heavy atom. The molecular formula is C14H17N3O4. The number of nitrogens with two attached hydrogens (primary N) is 1. The molecule has 112 valence electrons. The van der Waals surface area contributed by atoms with Crippen molar-refractivity contribution in [2.75, 3.05) is 20.1 Å². The maximum atomic E-state index is 12.3. The number of hydrogen-bond acceptors (Lipinski definition) is 4. The van der Waals surface area contributed by atoms with Crippen molar-refractivity contribution in [3.05, 3.63) is 35.9 Å². The molecule has 0 fully saturated rings. The van der Waals surface area contributed by atoms with Gasteiger partial charge in [0.05, 0.1) is 6.54 Å². The number of benzene rings is 1. The minimum atomic E-state index is -0.807. The largest absolute Gasteiger partial charge is 0.368 e. The van der Waals surface area contributed by atoms with E-state index < -0.39 is 24.3 Å². The Bertz CT molecular complexity index is 557. The number of amides is 4. The van der Waals surface area contributed by atoms with Crippen molar-refractivity contribution < 1.29 is 19.2 Å². The van der Waals surface area contributed by atoms with Crippen LogP contribution in [0.25, 0.3) is 0 Å². The second-order valence-electron chi connectivity index (χ2n) is 4.49. The molecule has 0 aliphatic heterocycles. The standard InChI is InChI=1S/C14H17N3O4/c1-10(18)16(2)9-13(20)17(8-12(15)19)14(21)11-6-4-3-5-7-11/h3-7H,8-9H2,1-2H3,(H2,15,19). The molecule has 2 N–H and O–H groups in total. The van der Waals surface area contributed by atoms with Crippen LogP contribution in [0, 0.1) is 0 Å². The van der Waals surface area contributed by atoms with Crippen LogP contribution in [0.5, 0.6) is 0 Å². The molecule has 0 unspecified atom stereocenters. The predicted octanol–water partition coefficient (Wildman–Crippen LogP) is -0.381. The van der Waals surface area contributed by atoms with E-state index in [1.54, 1.807) is 18.2 Å². The van der Waals surface area contributed by atoms with Crippen LogP contribution in [0.4, 0.5) is 0 Å². The van der Waals surface area contributed by atoms with Crippen molar-refractivity contribution in [2.45, 2.75) is 6.92 Å². The highest BCUT2D eigenvalue weighted by Gasteiger charge is 2.25. The molecule has 0 spiro atoms. The van der Waals surface area contributed by atoms with E-state index in [0.29, 0.717) is 0 Å². The molecule has 0 saturated heterocycles. The molecule has 0 bridgehead atoms. The van der Waals surface area contributed by atoms with Gasteiger partial charge in [0.1, 0.15) is 6.54 Å². The Kier molecular flexibility index (Phi) is 5.59. The maximum absolute atomic E-state index is 12.3. The summed E-state index contributed by atoms with van der Waals surface area (Å²) in [5.41, 5.74) is 5.33. The highest BCUT2D eigenvalue weighted by molar-refractivity contribution is 6.07. The van der Waals surface area contributed by atoms with Crippen LogP contribution in [0.1, 0.15) is 17.3 Å².